The standard InChI is InChI=1S/C12H11BrFNS/c1-15-12(10-6-16-7-11(10)13)8-2-4-9(14)5-3-8/h2-7,12,15H,1H3. The Morgan fingerprint density at radius 2 is 1.94 bits per heavy atom. The lowest BCUT2D eigenvalue weighted by atomic mass is 10.0. The molecule has 0 saturated carbocycles. The van der Waals surface area contributed by atoms with E-state index in [1.807, 2.05) is 12.4 Å². The molecular weight excluding hydrogens is 289 g/mol. The summed E-state index contributed by atoms with van der Waals surface area (Å²) in [5, 5.41) is 7.37. The van der Waals surface area contributed by atoms with Gasteiger partial charge in [-0.05, 0) is 51.6 Å². The molecule has 4 heteroatoms. The molecule has 1 N–H and O–H groups in total. The van der Waals surface area contributed by atoms with Gasteiger partial charge in [-0.1, -0.05) is 12.1 Å². The van der Waals surface area contributed by atoms with Crippen LogP contribution in [0.4, 0.5) is 4.39 Å². The third-order valence-corrected chi connectivity index (χ3v) is 4.20. The Morgan fingerprint density at radius 3 is 2.44 bits per heavy atom. The summed E-state index contributed by atoms with van der Waals surface area (Å²) in [6.45, 7) is 0. The zero-order chi connectivity index (χ0) is 11.5. The van der Waals surface area contributed by atoms with Gasteiger partial charge in [0, 0.05) is 9.85 Å². The fourth-order valence-electron chi connectivity index (χ4n) is 1.65. The van der Waals surface area contributed by atoms with Crippen molar-refractivity contribution in [1.29, 1.82) is 0 Å². The smallest absolute Gasteiger partial charge is 0.123 e. The summed E-state index contributed by atoms with van der Waals surface area (Å²) in [4.78, 5) is 0. The van der Waals surface area contributed by atoms with Gasteiger partial charge in [0.15, 0.2) is 0 Å². The summed E-state index contributed by atoms with van der Waals surface area (Å²) in [5.41, 5.74) is 2.24. The minimum absolute atomic E-state index is 0.0984. The second-order valence-electron chi connectivity index (χ2n) is 3.45. The maximum atomic E-state index is 12.8. The summed E-state index contributed by atoms with van der Waals surface area (Å²) in [7, 11) is 1.90. The van der Waals surface area contributed by atoms with Crippen LogP contribution in [0.25, 0.3) is 0 Å². The van der Waals surface area contributed by atoms with E-state index < -0.39 is 0 Å². The van der Waals surface area contributed by atoms with E-state index >= 15 is 0 Å². The van der Waals surface area contributed by atoms with Gasteiger partial charge in [-0.25, -0.2) is 4.39 Å². The van der Waals surface area contributed by atoms with Crippen LogP contribution < -0.4 is 5.32 Å². The Kier molecular flexibility index (Phi) is 3.74. The van der Waals surface area contributed by atoms with Gasteiger partial charge < -0.3 is 5.32 Å². The molecule has 0 aliphatic rings. The molecule has 16 heavy (non-hydrogen) atoms. The molecule has 84 valence electrons. The summed E-state index contributed by atoms with van der Waals surface area (Å²) in [6, 6.07) is 6.68. The predicted molar refractivity (Wildman–Crippen MR) is 69.3 cm³/mol. The van der Waals surface area contributed by atoms with E-state index in [2.05, 4.69) is 26.6 Å². The highest BCUT2D eigenvalue weighted by Gasteiger charge is 2.15. The Balaban J connectivity index is 2.37. The van der Waals surface area contributed by atoms with Gasteiger partial charge in [0.1, 0.15) is 5.82 Å². The van der Waals surface area contributed by atoms with Crippen LogP contribution in [0.1, 0.15) is 17.2 Å². The minimum atomic E-state index is -0.206. The number of thiophene rings is 1. The molecule has 2 rings (SSSR count). The highest BCUT2D eigenvalue weighted by atomic mass is 79.9. The van der Waals surface area contributed by atoms with Crippen LogP contribution in [0.2, 0.25) is 0 Å². The van der Waals surface area contributed by atoms with Crippen LogP contribution in [-0.4, -0.2) is 7.05 Å². The van der Waals surface area contributed by atoms with Crippen LogP contribution in [-0.2, 0) is 0 Å². The number of benzene rings is 1. The zero-order valence-electron chi connectivity index (χ0n) is 8.71. The van der Waals surface area contributed by atoms with E-state index in [0.717, 1.165) is 10.0 Å². The van der Waals surface area contributed by atoms with Crippen molar-refractivity contribution in [3.8, 4) is 0 Å². The fourth-order valence-corrected chi connectivity index (χ4v) is 3.21. The van der Waals surface area contributed by atoms with E-state index in [9.17, 15) is 4.39 Å². The van der Waals surface area contributed by atoms with Crippen molar-refractivity contribution in [2.75, 3.05) is 7.05 Å². The van der Waals surface area contributed by atoms with Gasteiger partial charge in [-0.3, -0.25) is 0 Å². The topological polar surface area (TPSA) is 12.0 Å². The maximum Gasteiger partial charge on any atom is 0.123 e. The summed E-state index contributed by atoms with van der Waals surface area (Å²) >= 11 is 5.16. The first-order chi connectivity index (χ1) is 7.72. The van der Waals surface area contributed by atoms with Crippen molar-refractivity contribution < 1.29 is 4.39 Å². The lowest BCUT2D eigenvalue weighted by molar-refractivity contribution is 0.623. The average molecular weight is 300 g/mol. The number of rotatable bonds is 3. The SMILES string of the molecule is CNC(c1ccc(F)cc1)c1cscc1Br. The number of hydrogen-bond donors (Lipinski definition) is 1. The molecule has 1 heterocycles. The molecule has 0 aliphatic carbocycles. The first-order valence-corrected chi connectivity index (χ1v) is 6.60. The van der Waals surface area contributed by atoms with Crippen LogP contribution in [0.5, 0.6) is 0 Å². The monoisotopic (exact) mass is 299 g/mol. The van der Waals surface area contributed by atoms with Crippen molar-refractivity contribution in [3.63, 3.8) is 0 Å². The van der Waals surface area contributed by atoms with E-state index in [4.69, 9.17) is 0 Å². The van der Waals surface area contributed by atoms with E-state index in [1.165, 1.54) is 17.7 Å². The van der Waals surface area contributed by atoms with E-state index in [-0.39, 0.29) is 11.9 Å². The van der Waals surface area contributed by atoms with E-state index in [1.54, 1.807) is 23.5 Å². The lowest BCUT2D eigenvalue weighted by Crippen LogP contribution is -2.17. The van der Waals surface area contributed by atoms with Crippen molar-refractivity contribution in [2.45, 2.75) is 6.04 Å². The van der Waals surface area contributed by atoms with Gasteiger partial charge in [-0.2, -0.15) is 11.3 Å². The Bertz CT molecular complexity index is 466. The molecule has 0 amide bonds. The second kappa shape index (κ2) is 5.08. The van der Waals surface area contributed by atoms with Crippen LogP contribution in [0.3, 0.4) is 0 Å². The molecule has 1 aromatic heterocycles. The normalized spacial score (nSPS) is 12.7. The summed E-state index contributed by atoms with van der Waals surface area (Å²) in [5.74, 6) is -0.206. The Morgan fingerprint density at radius 1 is 1.25 bits per heavy atom. The molecule has 0 saturated heterocycles. The molecule has 0 spiro atoms. The third-order valence-electron chi connectivity index (χ3n) is 2.45. The molecule has 0 aliphatic heterocycles. The van der Waals surface area contributed by atoms with Gasteiger partial charge in [0.25, 0.3) is 0 Å². The lowest BCUT2D eigenvalue weighted by Gasteiger charge is -2.16. The summed E-state index contributed by atoms with van der Waals surface area (Å²) < 4.78 is 13.9. The molecule has 1 unspecified atom stereocenters. The van der Waals surface area contributed by atoms with Gasteiger partial charge in [-0.15, -0.1) is 0 Å². The van der Waals surface area contributed by atoms with Crippen molar-refractivity contribution >= 4 is 27.3 Å². The molecule has 0 radical (unpaired) electrons. The van der Waals surface area contributed by atoms with Crippen molar-refractivity contribution in [3.05, 3.63) is 56.4 Å². The van der Waals surface area contributed by atoms with Crippen LogP contribution in [0, 0.1) is 5.82 Å². The predicted octanol–water partition coefficient (Wildman–Crippen LogP) is 3.96. The van der Waals surface area contributed by atoms with Crippen molar-refractivity contribution in [1.82, 2.24) is 5.32 Å². The van der Waals surface area contributed by atoms with Gasteiger partial charge in [0.2, 0.25) is 0 Å². The Labute approximate surface area is 106 Å². The first-order valence-electron chi connectivity index (χ1n) is 4.86. The first kappa shape index (κ1) is 11.8. The largest absolute Gasteiger partial charge is 0.309 e. The van der Waals surface area contributed by atoms with Crippen molar-refractivity contribution in [2.24, 2.45) is 0 Å². The number of hydrogen-bond acceptors (Lipinski definition) is 2. The maximum absolute atomic E-state index is 12.8. The zero-order valence-corrected chi connectivity index (χ0v) is 11.1. The molecule has 2 aromatic rings. The highest BCUT2D eigenvalue weighted by molar-refractivity contribution is 9.10. The number of nitrogens with one attached hydrogen (secondary N) is 1. The Hall–Kier alpha value is -0.710. The average Bonchev–Trinajstić information content (AvgIpc) is 2.69. The molecule has 0 bridgehead atoms. The van der Waals surface area contributed by atoms with E-state index in [0.29, 0.717) is 0 Å². The highest BCUT2D eigenvalue weighted by Crippen LogP contribution is 2.31. The quantitative estimate of drug-likeness (QED) is 0.905. The molecule has 1 atom stereocenters. The third kappa shape index (κ3) is 2.34. The summed E-state index contributed by atoms with van der Waals surface area (Å²) in [6.07, 6.45) is 0. The van der Waals surface area contributed by atoms with Gasteiger partial charge in [0.05, 0.1) is 6.04 Å². The number of halogens is 2. The molecule has 1 aromatic carbocycles. The second-order valence-corrected chi connectivity index (χ2v) is 5.05. The van der Waals surface area contributed by atoms with Crippen LogP contribution in [0.15, 0.2) is 39.5 Å². The molecule has 1 nitrogen and oxygen atoms in total. The molecule has 0 fully saturated rings. The minimum Gasteiger partial charge on any atom is -0.309 e. The van der Waals surface area contributed by atoms with Crippen LogP contribution >= 0.6 is 27.3 Å². The van der Waals surface area contributed by atoms with Gasteiger partial charge >= 0.3 is 0 Å². The molecular formula is C12H11BrFNS. The fraction of sp³-hybridized carbons (Fsp3) is 0.167.